The third kappa shape index (κ3) is 2.99. The van der Waals surface area contributed by atoms with Crippen LogP contribution in [0.25, 0.3) is 21.3 Å². The molecule has 1 saturated heterocycles. The highest BCUT2D eigenvalue weighted by Gasteiger charge is 2.27. The second-order valence-electron chi connectivity index (χ2n) is 7.77. The van der Waals surface area contributed by atoms with Crippen LogP contribution in [0.3, 0.4) is 0 Å². The SMILES string of the molecule is Cc1[nH]c2c(=O)n(C3CCN(c4nc5cccc(C(=O)O)c5s4)CC3)c(=O)[nH]c2c1C#N. The van der Waals surface area contributed by atoms with E-state index in [1.807, 2.05) is 6.07 Å². The molecule has 0 aliphatic carbocycles. The summed E-state index contributed by atoms with van der Waals surface area (Å²) in [5.41, 5.74) is 1.20. The van der Waals surface area contributed by atoms with Crippen molar-refractivity contribution in [3.63, 3.8) is 0 Å². The molecule has 11 heteroatoms. The summed E-state index contributed by atoms with van der Waals surface area (Å²) in [7, 11) is 0. The minimum Gasteiger partial charge on any atom is -0.478 e. The number of carbonyl (C=O) groups is 1. The average Bonchev–Trinajstić information content (AvgIpc) is 3.34. The fourth-order valence-electron chi connectivity index (χ4n) is 4.32. The van der Waals surface area contributed by atoms with Gasteiger partial charge in [-0.05, 0) is 31.9 Å². The van der Waals surface area contributed by atoms with Crippen molar-refractivity contribution in [3.05, 3.63) is 55.9 Å². The molecular weight excluding hydrogens is 432 g/mol. The van der Waals surface area contributed by atoms with E-state index in [4.69, 9.17) is 0 Å². The molecule has 0 amide bonds. The quantitative estimate of drug-likeness (QED) is 0.434. The number of aromatic nitrogens is 4. The molecule has 5 rings (SSSR count). The van der Waals surface area contributed by atoms with Gasteiger partial charge in [-0.15, -0.1) is 0 Å². The van der Waals surface area contributed by atoms with E-state index < -0.39 is 17.2 Å². The highest BCUT2D eigenvalue weighted by Crippen LogP contribution is 2.34. The third-order valence-corrected chi connectivity index (χ3v) is 7.08. The van der Waals surface area contributed by atoms with E-state index in [0.717, 1.165) is 5.13 Å². The van der Waals surface area contributed by atoms with Crippen molar-refractivity contribution in [1.82, 2.24) is 19.5 Å². The van der Waals surface area contributed by atoms with Gasteiger partial charge in [0.2, 0.25) is 0 Å². The summed E-state index contributed by atoms with van der Waals surface area (Å²) in [6, 6.07) is 6.76. The molecule has 1 aromatic carbocycles. The largest absolute Gasteiger partial charge is 0.478 e. The fraction of sp³-hybridized carbons (Fsp3) is 0.286. The predicted molar refractivity (Wildman–Crippen MR) is 120 cm³/mol. The lowest BCUT2D eigenvalue weighted by Gasteiger charge is -2.32. The number of H-pyrrole nitrogens is 2. The lowest BCUT2D eigenvalue weighted by molar-refractivity contribution is 0.0699. The summed E-state index contributed by atoms with van der Waals surface area (Å²) in [5.74, 6) is -0.988. The van der Waals surface area contributed by atoms with E-state index in [0.29, 0.717) is 41.8 Å². The Bertz CT molecular complexity index is 1540. The number of aromatic carboxylic acids is 1. The molecule has 3 aromatic heterocycles. The van der Waals surface area contributed by atoms with Crippen LogP contribution in [-0.2, 0) is 0 Å². The highest BCUT2D eigenvalue weighted by molar-refractivity contribution is 7.22. The van der Waals surface area contributed by atoms with Crippen LogP contribution in [0, 0.1) is 18.3 Å². The zero-order valence-electron chi connectivity index (χ0n) is 17.0. The van der Waals surface area contributed by atoms with E-state index in [1.165, 1.54) is 15.9 Å². The van der Waals surface area contributed by atoms with Crippen LogP contribution in [0.4, 0.5) is 5.13 Å². The third-order valence-electron chi connectivity index (χ3n) is 5.92. The van der Waals surface area contributed by atoms with Crippen molar-refractivity contribution >= 4 is 43.7 Å². The van der Waals surface area contributed by atoms with Crippen molar-refractivity contribution in [1.29, 1.82) is 5.26 Å². The Hall–Kier alpha value is -3.91. The van der Waals surface area contributed by atoms with Crippen molar-refractivity contribution in [2.45, 2.75) is 25.8 Å². The molecule has 1 aliphatic heterocycles. The number of carboxylic acid groups (broad SMARTS) is 1. The van der Waals surface area contributed by atoms with Crippen molar-refractivity contribution in [2.24, 2.45) is 0 Å². The first-order valence-electron chi connectivity index (χ1n) is 10.0. The number of carboxylic acids is 1. The number of nitriles is 1. The first-order valence-corrected chi connectivity index (χ1v) is 10.9. The minimum atomic E-state index is -0.988. The number of anilines is 1. The number of nitrogens with zero attached hydrogens (tertiary/aromatic N) is 4. The van der Waals surface area contributed by atoms with Gasteiger partial charge < -0.3 is 20.0 Å². The lowest BCUT2D eigenvalue weighted by Crippen LogP contribution is -2.43. The predicted octanol–water partition coefficient (Wildman–Crippen LogP) is 2.35. The Morgan fingerprint density at radius 1 is 1.25 bits per heavy atom. The Morgan fingerprint density at radius 2 is 2.00 bits per heavy atom. The number of aryl methyl sites for hydroxylation is 1. The Morgan fingerprint density at radius 3 is 2.69 bits per heavy atom. The molecule has 0 atom stereocenters. The fourth-order valence-corrected chi connectivity index (χ4v) is 5.44. The van der Waals surface area contributed by atoms with Gasteiger partial charge in [-0.2, -0.15) is 5.26 Å². The number of hydrogen-bond acceptors (Lipinski definition) is 7. The van der Waals surface area contributed by atoms with E-state index in [1.54, 1.807) is 25.1 Å². The smallest absolute Gasteiger partial charge is 0.337 e. The van der Waals surface area contributed by atoms with Gasteiger partial charge in [0.25, 0.3) is 5.56 Å². The molecule has 1 fully saturated rings. The van der Waals surface area contributed by atoms with Crippen LogP contribution >= 0.6 is 11.3 Å². The van der Waals surface area contributed by atoms with E-state index in [2.05, 4.69) is 19.9 Å². The second-order valence-corrected chi connectivity index (χ2v) is 8.74. The summed E-state index contributed by atoms with van der Waals surface area (Å²) in [4.78, 5) is 49.5. The van der Waals surface area contributed by atoms with Gasteiger partial charge in [-0.3, -0.25) is 9.36 Å². The van der Waals surface area contributed by atoms with Gasteiger partial charge in [0, 0.05) is 24.8 Å². The summed E-state index contributed by atoms with van der Waals surface area (Å²) < 4.78 is 1.86. The van der Waals surface area contributed by atoms with Crippen LogP contribution in [0.15, 0.2) is 27.8 Å². The summed E-state index contributed by atoms with van der Waals surface area (Å²) in [6.45, 7) is 2.83. The lowest BCUT2D eigenvalue weighted by atomic mass is 10.1. The van der Waals surface area contributed by atoms with Gasteiger partial charge in [-0.25, -0.2) is 14.6 Å². The molecule has 3 N–H and O–H groups in total. The Balaban J connectivity index is 1.44. The topological polar surface area (TPSA) is 148 Å². The van der Waals surface area contributed by atoms with Crippen LogP contribution in [0.5, 0.6) is 0 Å². The number of fused-ring (bicyclic) bond motifs is 2. The van der Waals surface area contributed by atoms with Gasteiger partial charge in [0.05, 0.1) is 26.9 Å². The highest BCUT2D eigenvalue weighted by atomic mass is 32.1. The first-order chi connectivity index (χ1) is 15.4. The molecule has 1 aliphatic rings. The second kappa shape index (κ2) is 7.35. The number of piperidine rings is 1. The van der Waals surface area contributed by atoms with Crippen LogP contribution in [0.1, 0.15) is 40.5 Å². The van der Waals surface area contributed by atoms with Crippen molar-refractivity contribution in [2.75, 3.05) is 18.0 Å². The number of aromatic amines is 2. The van der Waals surface area contributed by atoms with Gasteiger partial charge >= 0.3 is 11.7 Å². The molecule has 0 saturated carbocycles. The van der Waals surface area contributed by atoms with Crippen LogP contribution in [0.2, 0.25) is 0 Å². The van der Waals surface area contributed by atoms with Crippen molar-refractivity contribution < 1.29 is 9.90 Å². The van der Waals surface area contributed by atoms with Gasteiger partial charge in [0.1, 0.15) is 11.6 Å². The maximum atomic E-state index is 13.0. The average molecular weight is 450 g/mol. The summed E-state index contributed by atoms with van der Waals surface area (Å²) in [6.07, 6.45) is 1.11. The molecule has 4 aromatic rings. The van der Waals surface area contributed by atoms with E-state index >= 15 is 0 Å². The zero-order valence-corrected chi connectivity index (χ0v) is 17.8. The Kier molecular flexibility index (Phi) is 4.60. The normalized spacial score (nSPS) is 14.8. The number of benzene rings is 1. The number of thiazole rings is 1. The maximum Gasteiger partial charge on any atom is 0.337 e. The first kappa shape index (κ1) is 20.0. The van der Waals surface area contributed by atoms with Crippen molar-refractivity contribution in [3.8, 4) is 6.07 Å². The molecule has 32 heavy (non-hydrogen) atoms. The summed E-state index contributed by atoms with van der Waals surface area (Å²) >= 11 is 1.33. The number of rotatable bonds is 3. The van der Waals surface area contributed by atoms with Crippen LogP contribution in [-0.4, -0.2) is 43.7 Å². The van der Waals surface area contributed by atoms with E-state index in [-0.39, 0.29) is 28.2 Å². The molecule has 0 radical (unpaired) electrons. The number of nitrogens with one attached hydrogen (secondary N) is 2. The molecular formula is C21H18N6O4S. The molecule has 10 nitrogen and oxygen atoms in total. The Labute approximate surface area is 184 Å². The van der Waals surface area contributed by atoms with E-state index in [9.17, 15) is 24.8 Å². The van der Waals surface area contributed by atoms with Gasteiger partial charge in [0.15, 0.2) is 5.13 Å². The van der Waals surface area contributed by atoms with Crippen LogP contribution < -0.4 is 16.1 Å². The minimum absolute atomic E-state index is 0.227. The molecule has 162 valence electrons. The summed E-state index contributed by atoms with van der Waals surface area (Å²) in [5, 5.41) is 19.4. The maximum absolute atomic E-state index is 13.0. The molecule has 0 unspecified atom stereocenters. The monoisotopic (exact) mass is 450 g/mol. The molecule has 0 bridgehead atoms. The number of hydrogen-bond donors (Lipinski definition) is 3. The van der Waals surface area contributed by atoms with Gasteiger partial charge in [-0.1, -0.05) is 17.4 Å². The molecule has 4 heterocycles. The molecule has 0 spiro atoms. The zero-order chi connectivity index (χ0) is 22.6. The standard InChI is InChI=1S/C21H18N6O4S/c1-10-13(9-22)15-16(23-10)18(28)27(20(31)25-15)11-5-7-26(8-6-11)21-24-14-4-2-3-12(19(29)30)17(14)32-21/h2-4,11,23H,5-8H2,1H3,(H,25,31)(H,29,30).